The average molecular weight is 435 g/mol. The number of rotatable bonds is 9. The van der Waals surface area contributed by atoms with Gasteiger partial charge in [0.05, 0.1) is 24.2 Å². The number of hydrogen-bond donors (Lipinski definition) is 1. The van der Waals surface area contributed by atoms with Crippen molar-refractivity contribution >= 4 is 22.8 Å². The fraction of sp³-hybridized carbons (Fsp3) is 0.400. The molecule has 1 aliphatic rings. The Bertz CT molecular complexity index is 1040. The van der Waals surface area contributed by atoms with Gasteiger partial charge in [0.25, 0.3) is 0 Å². The fourth-order valence-electron chi connectivity index (χ4n) is 4.01. The molecule has 2 aromatic carbocycles. The summed E-state index contributed by atoms with van der Waals surface area (Å²) in [6.07, 6.45) is 2.69. The molecule has 168 valence electrons. The molecule has 0 spiro atoms. The van der Waals surface area contributed by atoms with Gasteiger partial charge in [-0.25, -0.2) is 4.98 Å². The number of benzene rings is 2. The minimum Gasteiger partial charge on any atom is -0.378 e. The molecule has 0 bridgehead atoms. The van der Waals surface area contributed by atoms with E-state index in [0.717, 1.165) is 29.7 Å². The number of nitrogens with one attached hydrogen (secondary N) is 1. The summed E-state index contributed by atoms with van der Waals surface area (Å²) in [5.74, 6) is 1.03. The number of amides is 2. The third-order valence-electron chi connectivity index (χ3n) is 5.77. The van der Waals surface area contributed by atoms with Gasteiger partial charge in [-0.1, -0.05) is 42.5 Å². The van der Waals surface area contributed by atoms with Crippen molar-refractivity contribution in [1.29, 1.82) is 0 Å². The number of para-hydroxylation sites is 2. The molecule has 0 atom stereocenters. The van der Waals surface area contributed by atoms with E-state index in [2.05, 4.69) is 5.32 Å². The standard InChI is InChI=1S/C25H30N4O3/c30-24(13-12-20-7-2-1-3-8-20)26-14-6-11-23-27-21-9-4-5-10-22(21)29(23)19-25(31)28-15-17-32-18-16-28/h1-5,7-10H,6,11-19H2,(H,26,30). The van der Waals surface area contributed by atoms with Crippen LogP contribution in [0, 0.1) is 0 Å². The lowest BCUT2D eigenvalue weighted by atomic mass is 10.1. The smallest absolute Gasteiger partial charge is 0.242 e. The van der Waals surface area contributed by atoms with Crippen LogP contribution in [0.3, 0.4) is 0 Å². The van der Waals surface area contributed by atoms with Gasteiger partial charge in [0.15, 0.2) is 0 Å². The first kappa shape index (κ1) is 22.0. The van der Waals surface area contributed by atoms with Crippen LogP contribution in [-0.4, -0.2) is 59.1 Å². The Hall–Kier alpha value is -3.19. The van der Waals surface area contributed by atoms with Gasteiger partial charge in [-0.15, -0.1) is 0 Å². The molecule has 32 heavy (non-hydrogen) atoms. The van der Waals surface area contributed by atoms with Crippen LogP contribution in [0.2, 0.25) is 0 Å². The van der Waals surface area contributed by atoms with Gasteiger partial charge in [-0.05, 0) is 30.5 Å². The number of morpholine rings is 1. The zero-order valence-corrected chi connectivity index (χ0v) is 18.3. The van der Waals surface area contributed by atoms with Gasteiger partial charge in [0, 0.05) is 32.5 Å². The fourth-order valence-corrected chi connectivity index (χ4v) is 4.01. The SMILES string of the molecule is O=C(CCc1ccccc1)NCCCc1nc2ccccc2n1CC(=O)N1CCOCC1. The van der Waals surface area contributed by atoms with Crippen LogP contribution < -0.4 is 5.32 Å². The van der Waals surface area contributed by atoms with E-state index in [0.29, 0.717) is 45.7 Å². The summed E-state index contributed by atoms with van der Waals surface area (Å²) >= 11 is 0. The van der Waals surface area contributed by atoms with Crippen molar-refractivity contribution < 1.29 is 14.3 Å². The zero-order valence-electron chi connectivity index (χ0n) is 18.3. The van der Waals surface area contributed by atoms with Crippen LogP contribution >= 0.6 is 0 Å². The maximum absolute atomic E-state index is 12.8. The van der Waals surface area contributed by atoms with Crippen LogP contribution in [-0.2, 0) is 33.7 Å². The number of aromatic nitrogens is 2. The van der Waals surface area contributed by atoms with E-state index in [1.807, 2.05) is 64.1 Å². The molecule has 1 fully saturated rings. The molecule has 1 N–H and O–H groups in total. The van der Waals surface area contributed by atoms with Gasteiger partial charge in [-0.2, -0.15) is 0 Å². The number of carbonyl (C=O) groups excluding carboxylic acids is 2. The van der Waals surface area contributed by atoms with E-state index >= 15 is 0 Å². The first-order valence-electron chi connectivity index (χ1n) is 11.3. The maximum Gasteiger partial charge on any atom is 0.242 e. The Morgan fingerprint density at radius 2 is 1.72 bits per heavy atom. The van der Waals surface area contributed by atoms with Crippen molar-refractivity contribution in [3.05, 3.63) is 66.0 Å². The van der Waals surface area contributed by atoms with Gasteiger partial charge in [-0.3, -0.25) is 9.59 Å². The summed E-state index contributed by atoms with van der Waals surface area (Å²) in [6.45, 7) is 3.32. The van der Waals surface area contributed by atoms with Crippen molar-refractivity contribution in [1.82, 2.24) is 19.8 Å². The van der Waals surface area contributed by atoms with Crippen molar-refractivity contribution in [3.63, 3.8) is 0 Å². The minimum atomic E-state index is 0.0600. The highest BCUT2D eigenvalue weighted by atomic mass is 16.5. The van der Waals surface area contributed by atoms with Crippen molar-refractivity contribution in [2.24, 2.45) is 0 Å². The Morgan fingerprint density at radius 3 is 2.53 bits per heavy atom. The van der Waals surface area contributed by atoms with Crippen LogP contribution in [0.15, 0.2) is 54.6 Å². The number of fused-ring (bicyclic) bond motifs is 1. The van der Waals surface area contributed by atoms with E-state index in [1.54, 1.807) is 0 Å². The van der Waals surface area contributed by atoms with Crippen LogP contribution in [0.5, 0.6) is 0 Å². The molecule has 7 heteroatoms. The topological polar surface area (TPSA) is 76.5 Å². The van der Waals surface area contributed by atoms with E-state index in [9.17, 15) is 9.59 Å². The summed E-state index contributed by atoms with van der Waals surface area (Å²) in [4.78, 5) is 31.6. The summed E-state index contributed by atoms with van der Waals surface area (Å²) in [6, 6.07) is 17.9. The summed E-state index contributed by atoms with van der Waals surface area (Å²) in [5.41, 5.74) is 3.03. The third kappa shape index (κ3) is 5.73. The summed E-state index contributed by atoms with van der Waals surface area (Å²) in [5, 5.41) is 3.00. The molecule has 3 aromatic rings. The summed E-state index contributed by atoms with van der Waals surface area (Å²) in [7, 11) is 0. The van der Waals surface area contributed by atoms with Crippen molar-refractivity contribution in [2.45, 2.75) is 32.2 Å². The molecule has 7 nitrogen and oxygen atoms in total. The van der Waals surface area contributed by atoms with Crippen molar-refractivity contribution in [2.75, 3.05) is 32.8 Å². The molecular formula is C25H30N4O3. The molecule has 2 heterocycles. The Morgan fingerprint density at radius 1 is 0.969 bits per heavy atom. The van der Waals surface area contributed by atoms with E-state index in [1.165, 1.54) is 5.56 Å². The number of hydrogen-bond acceptors (Lipinski definition) is 4. The molecular weight excluding hydrogens is 404 g/mol. The second-order valence-electron chi connectivity index (χ2n) is 8.04. The Kier molecular flexibility index (Phi) is 7.51. The average Bonchev–Trinajstić information content (AvgIpc) is 3.19. The predicted octanol–water partition coefficient (Wildman–Crippen LogP) is 2.58. The van der Waals surface area contributed by atoms with Crippen LogP contribution in [0.4, 0.5) is 0 Å². The Balaban J connectivity index is 1.31. The molecule has 1 aliphatic heterocycles. The second-order valence-corrected chi connectivity index (χ2v) is 8.04. The lowest BCUT2D eigenvalue weighted by Crippen LogP contribution is -2.42. The first-order chi connectivity index (χ1) is 15.7. The van der Waals surface area contributed by atoms with Gasteiger partial charge in [0.2, 0.25) is 11.8 Å². The monoisotopic (exact) mass is 434 g/mol. The normalized spacial score (nSPS) is 13.9. The zero-order chi connectivity index (χ0) is 22.2. The maximum atomic E-state index is 12.8. The van der Waals surface area contributed by atoms with Gasteiger partial charge < -0.3 is 19.5 Å². The number of aryl methyl sites for hydroxylation is 2. The van der Waals surface area contributed by atoms with Gasteiger partial charge in [0.1, 0.15) is 12.4 Å². The molecule has 2 amide bonds. The lowest BCUT2D eigenvalue weighted by Gasteiger charge is -2.27. The highest BCUT2D eigenvalue weighted by Crippen LogP contribution is 2.18. The molecule has 4 rings (SSSR count). The summed E-state index contributed by atoms with van der Waals surface area (Å²) < 4.78 is 7.38. The number of carbonyl (C=O) groups is 2. The Labute approximate surface area is 188 Å². The van der Waals surface area contributed by atoms with Crippen LogP contribution in [0.1, 0.15) is 24.2 Å². The molecule has 0 radical (unpaired) electrons. The highest BCUT2D eigenvalue weighted by Gasteiger charge is 2.20. The predicted molar refractivity (Wildman–Crippen MR) is 123 cm³/mol. The van der Waals surface area contributed by atoms with E-state index in [4.69, 9.17) is 9.72 Å². The molecule has 0 aliphatic carbocycles. The van der Waals surface area contributed by atoms with Gasteiger partial charge >= 0.3 is 0 Å². The second kappa shape index (κ2) is 10.9. The third-order valence-corrected chi connectivity index (χ3v) is 5.77. The quantitative estimate of drug-likeness (QED) is 0.525. The number of ether oxygens (including phenoxy) is 1. The van der Waals surface area contributed by atoms with Crippen molar-refractivity contribution in [3.8, 4) is 0 Å². The lowest BCUT2D eigenvalue weighted by molar-refractivity contribution is -0.135. The van der Waals surface area contributed by atoms with E-state index in [-0.39, 0.29) is 18.4 Å². The largest absolute Gasteiger partial charge is 0.378 e. The molecule has 1 aromatic heterocycles. The molecule has 0 saturated carbocycles. The first-order valence-corrected chi connectivity index (χ1v) is 11.3. The molecule has 1 saturated heterocycles. The number of nitrogens with zero attached hydrogens (tertiary/aromatic N) is 3. The van der Waals surface area contributed by atoms with E-state index < -0.39 is 0 Å². The minimum absolute atomic E-state index is 0.0600. The van der Waals surface area contributed by atoms with Crippen LogP contribution in [0.25, 0.3) is 11.0 Å². The highest BCUT2D eigenvalue weighted by molar-refractivity contribution is 5.81. The molecule has 0 unspecified atom stereocenters. The number of imidazole rings is 1.